The minimum Gasteiger partial charge on any atom is -0.307 e. The molecular weight excluding hydrogens is 194 g/mol. The Morgan fingerprint density at radius 1 is 1.06 bits per heavy atom. The summed E-state index contributed by atoms with van der Waals surface area (Å²) < 4.78 is 0. The molecule has 0 bridgehead atoms. The molecule has 0 aliphatic carbocycles. The molecule has 0 aliphatic heterocycles. The van der Waals surface area contributed by atoms with E-state index in [2.05, 4.69) is 64.2 Å². The lowest BCUT2D eigenvalue weighted by Gasteiger charge is -2.25. The second-order valence-electron chi connectivity index (χ2n) is 5.07. The number of hydrogen-bond acceptors (Lipinski definition) is 1. The maximum absolute atomic E-state index is 3.70. The van der Waals surface area contributed by atoms with E-state index in [4.69, 9.17) is 0 Å². The molecule has 0 saturated heterocycles. The van der Waals surface area contributed by atoms with Crippen molar-refractivity contribution in [2.45, 2.75) is 53.1 Å². The molecule has 0 spiro atoms. The van der Waals surface area contributed by atoms with Crippen LogP contribution in [-0.4, -0.2) is 6.04 Å². The van der Waals surface area contributed by atoms with Gasteiger partial charge in [0, 0.05) is 12.1 Å². The van der Waals surface area contributed by atoms with Gasteiger partial charge in [0.15, 0.2) is 0 Å². The molecule has 0 heterocycles. The summed E-state index contributed by atoms with van der Waals surface area (Å²) in [7, 11) is 0. The smallest absolute Gasteiger partial charge is 0.0320 e. The lowest BCUT2D eigenvalue weighted by molar-refractivity contribution is 0.370. The predicted molar refractivity (Wildman–Crippen MR) is 71.6 cm³/mol. The molecule has 2 unspecified atom stereocenters. The van der Waals surface area contributed by atoms with Crippen molar-refractivity contribution in [3.05, 3.63) is 35.4 Å². The van der Waals surface area contributed by atoms with E-state index in [0.717, 1.165) is 6.42 Å². The first-order valence-corrected chi connectivity index (χ1v) is 6.37. The quantitative estimate of drug-likeness (QED) is 0.787. The average molecular weight is 219 g/mol. The van der Waals surface area contributed by atoms with Crippen molar-refractivity contribution in [1.82, 2.24) is 5.32 Å². The molecule has 0 saturated carbocycles. The van der Waals surface area contributed by atoms with Crippen molar-refractivity contribution in [1.29, 1.82) is 0 Å². The molecule has 1 N–H and O–H groups in total. The molecule has 0 radical (unpaired) electrons. The molecule has 1 rings (SSSR count). The molecule has 1 nitrogen and oxygen atoms in total. The number of rotatable bonds is 5. The summed E-state index contributed by atoms with van der Waals surface area (Å²) in [4.78, 5) is 0. The minimum absolute atomic E-state index is 0.484. The van der Waals surface area contributed by atoms with Crippen LogP contribution in [0.15, 0.2) is 24.3 Å². The minimum atomic E-state index is 0.484. The van der Waals surface area contributed by atoms with E-state index < -0.39 is 0 Å². The summed E-state index contributed by atoms with van der Waals surface area (Å²) in [5.41, 5.74) is 2.73. The van der Waals surface area contributed by atoms with E-state index in [1.54, 1.807) is 0 Å². The monoisotopic (exact) mass is 219 g/mol. The normalized spacial score (nSPS) is 15.1. The Morgan fingerprint density at radius 2 is 1.62 bits per heavy atom. The van der Waals surface area contributed by atoms with Crippen LogP contribution in [0.2, 0.25) is 0 Å². The Morgan fingerprint density at radius 3 is 2.06 bits per heavy atom. The van der Waals surface area contributed by atoms with Gasteiger partial charge in [-0.2, -0.15) is 0 Å². The Bertz CT molecular complexity index is 300. The number of hydrogen-bond donors (Lipinski definition) is 1. The van der Waals surface area contributed by atoms with Crippen LogP contribution in [-0.2, 0) is 0 Å². The standard InChI is InChI=1S/C15H25N/c1-6-15(16-13(5)11(2)3)14-9-7-12(4)8-10-14/h7-11,13,15-16H,6H2,1-5H3. The Balaban J connectivity index is 2.70. The van der Waals surface area contributed by atoms with Crippen LogP contribution in [0.25, 0.3) is 0 Å². The van der Waals surface area contributed by atoms with Gasteiger partial charge in [-0.15, -0.1) is 0 Å². The van der Waals surface area contributed by atoms with E-state index in [-0.39, 0.29) is 0 Å². The van der Waals surface area contributed by atoms with Crippen LogP contribution in [0.3, 0.4) is 0 Å². The fourth-order valence-electron chi connectivity index (χ4n) is 1.76. The number of nitrogens with one attached hydrogen (secondary N) is 1. The summed E-state index contributed by atoms with van der Waals surface area (Å²) in [5, 5.41) is 3.70. The first-order chi connectivity index (χ1) is 7.54. The summed E-state index contributed by atoms with van der Waals surface area (Å²) >= 11 is 0. The zero-order valence-corrected chi connectivity index (χ0v) is 11.2. The van der Waals surface area contributed by atoms with Crippen LogP contribution in [0, 0.1) is 12.8 Å². The Labute approximate surface area is 100 Å². The van der Waals surface area contributed by atoms with E-state index in [9.17, 15) is 0 Å². The molecule has 1 aromatic rings. The van der Waals surface area contributed by atoms with Crippen molar-refractivity contribution in [3.8, 4) is 0 Å². The molecular formula is C15H25N. The molecule has 1 aromatic carbocycles. The third kappa shape index (κ3) is 3.64. The van der Waals surface area contributed by atoms with Crippen molar-refractivity contribution in [3.63, 3.8) is 0 Å². The van der Waals surface area contributed by atoms with Gasteiger partial charge in [0.2, 0.25) is 0 Å². The van der Waals surface area contributed by atoms with E-state index in [0.29, 0.717) is 18.0 Å². The molecule has 0 amide bonds. The van der Waals surface area contributed by atoms with Gasteiger partial charge in [0.25, 0.3) is 0 Å². The van der Waals surface area contributed by atoms with Gasteiger partial charge in [0.1, 0.15) is 0 Å². The third-order valence-electron chi connectivity index (χ3n) is 3.35. The van der Waals surface area contributed by atoms with Crippen LogP contribution in [0.1, 0.15) is 51.3 Å². The lowest BCUT2D eigenvalue weighted by atomic mass is 9.99. The Kier molecular flexibility index (Phi) is 5.01. The lowest BCUT2D eigenvalue weighted by Crippen LogP contribution is -2.34. The first-order valence-electron chi connectivity index (χ1n) is 6.37. The summed E-state index contributed by atoms with van der Waals surface area (Å²) in [6.07, 6.45) is 1.14. The fourth-order valence-corrected chi connectivity index (χ4v) is 1.76. The Hall–Kier alpha value is -0.820. The van der Waals surface area contributed by atoms with Gasteiger partial charge in [-0.3, -0.25) is 0 Å². The van der Waals surface area contributed by atoms with Crippen LogP contribution < -0.4 is 5.32 Å². The number of aryl methyl sites for hydroxylation is 1. The van der Waals surface area contributed by atoms with E-state index >= 15 is 0 Å². The highest BCUT2D eigenvalue weighted by molar-refractivity contribution is 5.24. The van der Waals surface area contributed by atoms with Crippen molar-refractivity contribution < 1.29 is 0 Å². The van der Waals surface area contributed by atoms with Gasteiger partial charge in [-0.05, 0) is 31.7 Å². The highest BCUT2D eigenvalue weighted by atomic mass is 14.9. The third-order valence-corrected chi connectivity index (χ3v) is 3.35. The highest BCUT2D eigenvalue weighted by Gasteiger charge is 2.14. The van der Waals surface area contributed by atoms with Gasteiger partial charge in [-0.25, -0.2) is 0 Å². The largest absolute Gasteiger partial charge is 0.307 e. The fraction of sp³-hybridized carbons (Fsp3) is 0.600. The molecule has 0 aliphatic rings. The van der Waals surface area contributed by atoms with E-state index in [1.807, 2.05) is 0 Å². The topological polar surface area (TPSA) is 12.0 Å². The highest BCUT2D eigenvalue weighted by Crippen LogP contribution is 2.19. The summed E-state index contributed by atoms with van der Waals surface area (Å²) in [6, 6.07) is 9.91. The second-order valence-corrected chi connectivity index (χ2v) is 5.07. The molecule has 16 heavy (non-hydrogen) atoms. The molecule has 90 valence electrons. The number of benzene rings is 1. The van der Waals surface area contributed by atoms with Crippen LogP contribution in [0.4, 0.5) is 0 Å². The maximum Gasteiger partial charge on any atom is 0.0320 e. The molecule has 2 atom stereocenters. The van der Waals surface area contributed by atoms with Crippen molar-refractivity contribution in [2.24, 2.45) is 5.92 Å². The van der Waals surface area contributed by atoms with Crippen molar-refractivity contribution >= 4 is 0 Å². The van der Waals surface area contributed by atoms with Crippen LogP contribution in [0.5, 0.6) is 0 Å². The van der Waals surface area contributed by atoms with Gasteiger partial charge in [0.05, 0.1) is 0 Å². The zero-order chi connectivity index (χ0) is 12.1. The predicted octanol–water partition coefficient (Wildman–Crippen LogP) is 4.08. The van der Waals surface area contributed by atoms with Gasteiger partial charge in [-0.1, -0.05) is 50.6 Å². The SMILES string of the molecule is CCC(NC(C)C(C)C)c1ccc(C)cc1. The summed E-state index contributed by atoms with van der Waals surface area (Å²) in [5.74, 6) is 0.680. The first kappa shape index (κ1) is 13.2. The van der Waals surface area contributed by atoms with Gasteiger partial charge >= 0.3 is 0 Å². The molecule has 0 fully saturated rings. The van der Waals surface area contributed by atoms with Crippen molar-refractivity contribution in [2.75, 3.05) is 0 Å². The summed E-state index contributed by atoms with van der Waals surface area (Å²) in [6.45, 7) is 11.2. The van der Waals surface area contributed by atoms with Crippen LogP contribution >= 0.6 is 0 Å². The average Bonchev–Trinajstić information content (AvgIpc) is 2.26. The van der Waals surface area contributed by atoms with Gasteiger partial charge < -0.3 is 5.32 Å². The molecule has 0 aromatic heterocycles. The maximum atomic E-state index is 3.70. The van der Waals surface area contributed by atoms with E-state index in [1.165, 1.54) is 11.1 Å². The molecule has 1 heteroatoms. The zero-order valence-electron chi connectivity index (χ0n) is 11.2. The second kappa shape index (κ2) is 6.05.